The van der Waals surface area contributed by atoms with Crippen LogP contribution in [0.4, 0.5) is 8.78 Å². The second-order valence-electron chi connectivity index (χ2n) is 6.16. The van der Waals surface area contributed by atoms with Crippen molar-refractivity contribution in [1.82, 2.24) is 4.90 Å². The summed E-state index contributed by atoms with van der Waals surface area (Å²) in [5.74, 6) is -1.67. The van der Waals surface area contributed by atoms with Gasteiger partial charge in [-0.1, -0.05) is 34.4 Å². The first kappa shape index (κ1) is 17.2. The van der Waals surface area contributed by atoms with Gasteiger partial charge in [-0.05, 0) is 30.3 Å². The van der Waals surface area contributed by atoms with Crippen LogP contribution in [0, 0.1) is 17.6 Å². The highest BCUT2D eigenvalue weighted by Gasteiger charge is 2.45. The molecule has 26 heavy (non-hydrogen) atoms. The summed E-state index contributed by atoms with van der Waals surface area (Å²) in [6, 6.07) is 8.20. The number of halogens is 4. The van der Waals surface area contributed by atoms with Crippen LogP contribution in [-0.2, 0) is 4.84 Å². The summed E-state index contributed by atoms with van der Waals surface area (Å²) in [7, 11) is 0. The Morgan fingerprint density at radius 1 is 1.12 bits per heavy atom. The van der Waals surface area contributed by atoms with Gasteiger partial charge in [-0.3, -0.25) is 4.79 Å². The maximum Gasteiger partial charge on any atom is 0.254 e. The van der Waals surface area contributed by atoms with Crippen molar-refractivity contribution in [3.05, 3.63) is 69.2 Å². The Morgan fingerprint density at radius 3 is 2.65 bits per heavy atom. The number of hydrogen-bond acceptors (Lipinski definition) is 3. The second kappa shape index (κ2) is 6.52. The third-order valence-electron chi connectivity index (χ3n) is 4.58. The van der Waals surface area contributed by atoms with Gasteiger partial charge in [-0.25, -0.2) is 8.78 Å². The first-order valence-corrected chi connectivity index (χ1v) is 8.63. The van der Waals surface area contributed by atoms with E-state index in [1.54, 1.807) is 11.0 Å². The molecule has 0 spiro atoms. The van der Waals surface area contributed by atoms with E-state index in [0.29, 0.717) is 12.3 Å². The Morgan fingerprint density at radius 2 is 1.92 bits per heavy atom. The molecule has 2 aliphatic rings. The van der Waals surface area contributed by atoms with Gasteiger partial charge in [0.05, 0.1) is 28.1 Å². The number of carbonyl (C=O) groups is 1. The van der Waals surface area contributed by atoms with Gasteiger partial charge in [0.15, 0.2) is 6.10 Å². The number of oxime groups is 1. The number of benzene rings is 2. The SMILES string of the molecule is O=C(c1ccc(F)c(Cl)c1)N1CC2ON=C(c3c(F)cccc3Cl)C2C1. The van der Waals surface area contributed by atoms with Crippen molar-refractivity contribution < 1.29 is 18.4 Å². The summed E-state index contributed by atoms with van der Waals surface area (Å²) < 4.78 is 27.5. The van der Waals surface area contributed by atoms with Crippen LogP contribution in [0.1, 0.15) is 15.9 Å². The van der Waals surface area contributed by atoms with E-state index >= 15 is 0 Å². The fourth-order valence-electron chi connectivity index (χ4n) is 3.29. The van der Waals surface area contributed by atoms with Crippen molar-refractivity contribution >= 4 is 34.8 Å². The second-order valence-corrected chi connectivity index (χ2v) is 6.98. The third-order valence-corrected chi connectivity index (χ3v) is 5.18. The lowest BCUT2D eigenvalue weighted by atomic mass is 9.94. The molecule has 2 aliphatic heterocycles. The van der Waals surface area contributed by atoms with Crippen molar-refractivity contribution in [3.8, 4) is 0 Å². The minimum atomic E-state index is -0.589. The number of carbonyl (C=O) groups excluding carboxylic acids is 1. The summed E-state index contributed by atoms with van der Waals surface area (Å²) in [6.07, 6.45) is -0.374. The topological polar surface area (TPSA) is 41.9 Å². The summed E-state index contributed by atoms with van der Waals surface area (Å²) >= 11 is 11.9. The van der Waals surface area contributed by atoms with Crippen LogP contribution in [0.3, 0.4) is 0 Å². The predicted molar refractivity (Wildman–Crippen MR) is 93.6 cm³/mol. The first-order valence-electron chi connectivity index (χ1n) is 7.88. The Hall–Kier alpha value is -2.18. The molecular formula is C18H12Cl2F2N2O2. The quantitative estimate of drug-likeness (QED) is 0.764. The monoisotopic (exact) mass is 396 g/mol. The Labute approximate surface area is 157 Å². The van der Waals surface area contributed by atoms with E-state index in [1.165, 1.54) is 24.3 Å². The lowest BCUT2D eigenvalue weighted by Crippen LogP contribution is -2.30. The molecule has 2 heterocycles. The minimum absolute atomic E-state index is 0.119. The largest absolute Gasteiger partial charge is 0.390 e. The molecule has 0 aliphatic carbocycles. The molecular weight excluding hydrogens is 385 g/mol. The average molecular weight is 397 g/mol. The highest BCUT2D eigenvalue weighted by molar-refractivity contribution is 6.34. The summed E-state index contributed by atoms with van der Waals surface area (Å²) in [5.41, 5.74) is 0.866. The van der Waals surface area contributed by atoms with Crippen LogP contribution in [0.2, 0.25) is 10.0 Å². The molecule has 134 valence electrons. The van der Waals surface area contributed by atoms with Gasteiger partial charge in [0, 0.05) is 12.1 Å². The number of nitrogens with zero attached hydrogens (tertiary/aromatic N) is 2. The zero-order chi connectivity index (χ0) is 18.4. The number of rotatable bonds is 2. The smallest absolute Gasteiger partial charge is 0.254 e. The van der Waals surface area contributed by atoms with E-state index in [2.05, 4.69) is 5.16 Å². The van der Waals surface area contributed by atoms with Crippen molar-refractivity contribution in [3.63, 3.8) is 0 Å². The summed E-state index contributed by atoms with van der Waals surface area (Å²) in [6.45, 7) is 0.583. The van der Waals surface area contributed by atoms with E-state index in [0.717, 1.165) is 6.07 Å². The molecule has 8 heteroatoms. The summed E-state index contributed by atoms with van der Waals surface area (Å²) in [4.78, 5) is 19.6. The number of fused-ring (bicyclic) bond motifs is 1. The molecule has 2 atom stereocenters. The van der Waals surface area contributed by atoms with Crippen LogP contribution >= 0.6 is 23.2 Å². The van der Waals surface area contributed by atoms with E-state index in [9.17, 15) is 13.6 Å². The average Bonchev–Trinajstić information content (AvgIpc) is 3.18. The van der Waals surface area contributed by atoms with Gasteiger partial charge >= 0.3 is 0 Å². The third kappa shape index (κ3) is 2.83. The van der Waals surface area contributed by atoms with E-state index in [-0.39, 0.29) is 45.6 Å². The van der Waals surface area contributed by atoms with Gasteiger partial charge in [0.2, 0.25) is 0 Å². The molecule has 1 fully saturated rings. The van der Waals surface area contributed by atoms with Gasteiger partial charge in [0.25, 0.3) is 5.91 Å². The molecule has 4 nitrogen and oxygen atoms in total. The van der Waals surface area contributed by atoms with E-state index in [1.807, 2.05) is 0 Å². The fourth-order valence-corrected chi connectivity index (χ4v) is 3.73. The molecule has 1 amide bonds. The molecule has 0 bridgehead atoms. The lowest BCUT2D eigenvalue weighted by molar-refractivity contribution is 0.0631. The maximum atomic E-state index is 14.2. The Bertz CT molecular complexity index is 915. The molecule has 2 unspecified atom stereocenters. The van der Waals surface area contributed by atoms with Crippen molar-refractivity contribution in [2.45, 2.75) is 6.10 Å². The number of hydrogen-bond donors (Lipinski definition) is 0. The van der Waals surface area contributed by atoms with Crippen LogP contribution in [0.25, 0.3) is 0 Å². The predicted octanol–water partition coefficient (Wildman–Crippen LogP) is 4.15. The normalized spacial score (nSPS) is 21.4. The maximum absolute atomic E-state index is 14.2. The van der Waals surface area contributed by atoms with Gasteiger partial charge in [-0.2, -0.15) is 0 Å². The van der Waals surface area contributed by atoms with Gasteiger partial charge < -0.3 is 9.74 Å². The van der Waals surface area contributed by atoms with Crippen molar-refractivity contribution in [2.75, 3.05) is 13.1 Å². The van der Waals surface area contributed by atoms with E-state index < -0.39 is 11.6 Å². The minimum Gasteiger partial charge on any atom is -0.390 e. The van der Waals surface area contributed by atoms with Crippen LogP contribution in [0.15, 0.2) is 41.6 Å². The molecule has 0 saturated carbocycles. The zero-order valence-electron chi connectivity index (χ0n) is 13.3. The first-order chi connectivity index (χ1) is 12.5. The van der Waals surface area contributed by atoms with E-state index in [4.69, 9.17) is 28.0 Å². The Kier molecular flexibility index (Phi) is 4.32. The van der Waals surface area contributed by atoms with Gasteiger partial charge in [-0.15, -0.1) is 0 Å². The molecule has 1 saturated heterocycles. The van der Waals surface area contributed by atoms with Crippen LogP contribution in [0.5, 0.6) is 0 Å². The molecule has 4 rings (SSSR count). The highest BCUT2D eigenvalue weighted by Crippen LogP contribution is 2.34. The molecule has 2 aromatic carbocycles. The van der Waals surface area contributed by atoms with Crippen molar-refractivity contribution in [2.24, 2.45) is 11.1 Å². The Balaban J connectivity index is 1.58. The zero-order valence-corrected chi connectivity index (χ0v) is 14.8. The van der Waals surface area contributed by atoms with Crippen LogP contribution < -0.4 is 0 Å². The number of amides is 1. The highest BCUT2D eigenvalue weighted by atomic mass is 35.5. The number of likely N-dealkylation sites (tertiary alicyclic amines) is 1. The molecule has 0 aromatic heterocycles. The molecule has 2 aromatic rings. The lowest BCUT2D eigenvalue weighted by Gasteiger charge is -2.17. The van der Waals surface area contributed by atoms with Crippen molar-refractivity contribution in [1.29, 1.82) is 0 Å². The standard InChI is InChI=1S/C18H12Cl2F2N2O2/c19-11-2-1-3-14(22)16(11)17-10-7-24(8-15(10)26-23-17)18(25)9-4-5-13(21)12(20)6-9/h1-6,10,15H,7-8H2. The summed E-state index contributed by atoms with van der Waals surface area (Å²) in [5, 5.41) is 4.11. The fraction of sp³-hybridized carbons (Fsp3) is 0.222. The van der Waals surface area contributed by atoms with Crippen LogP contribution in [-0.4, -0.2) is 35.7 Å². The molecule has 0 N–H and O–H groups in total. The molecule has 0 radical (unpaired) electrons. The van der Waals surface area contributed by atoms with Gasteiger partial charge in [0.1, 0.15) is 17.3 Å².